The first-order valence-corrected chi connectivity index (χ1v) is 11.8. The van der Waals surface area contributed by atoms with Gasteiger partial charge in [0, 0.05) is 36.6 Å². The van der Waals surface area contributed by atoms with E-state index in [-0.39, 0.29) is 6.03 Å². The SMILES string of the molecule is O=C(NCCCCCCCn1cc(-c2cccnc2)nn1)Nc1ccccc1-c1ccccc1. The van der Waals surface area contributed by atoms with E-state index in [1.54, 1.807) is 12.4 Å². The van der Waals surface area contributed by atoms with Crippen LogP contribution < -0.4 is 10.6 Å². The molecule has 0 unspecified atom stereocenters. The zero-order valence-electron chi connectivity index (χ0n) is 19.2. The maximum Gasteiger partial charge on any atom is 0.319 e. The number of pyridine rings is 1. The van der Waals surface area contributed by atoms with E-state index in [1.165, 1.54) is 0 Å². The topological polar surface area (TPSA) is 84.7 Å². The maximum absolute atomic E-state index is 12.4. The molecule has 0 fully saturated rings. The summed E-state index contributed by atoms with van der Waals surface area (Å²) in [5.41, 5.74) is 4.74. The average molecular weight is 455 g/mol. The van der Waals surface area contributed by atoms with Gasteiger partial charge in [-0.25, -0.2) is 4.79 Å². The molecule has 7 heteroatoms. The zero-order valence-corrected chi connectivity index (χ0v) is 19.2. The van der Waals surface area contributed by atoms with Crippen LogP contribution in [0.25, 0.3) is 22.4 Å². The van der Waals surface area contributed by atoms with Crippen molar-refractivity contribution in [2.75, 3.05) is 11.9 Å². The van der Waals surface area contributed by atoms with Crippen LogP contribution in [0.15, 0.2) is 85.3 Å². The molecular weight excluding hydrogens is 424 g/mol. The van der Waals surface area contributed by atoms with Gasteiger partial charge in [-0.2, -0.15) is 0 Å². The number of aromatic nitrogens is 4. The molecule has 0 saturated carbocycles. The first kappa shape index (κ1) is 23.2. The lowest BCUT2D eigenvalue weighted by Crippen LogP contribution is -2.29. The molecular formula is C27H30N6O. The molecule has 2 N–H and O–H groups in total. The number of amides is 2. The van der Waals surface area contributed by atoms with Gasteiger partial charge in [-0.3, -0.25) is 9.67 Å². The van der Waals surface area contributed by atoms with Crippen molar-refractivity contribution in [1.82, 2.24) is 25.3 Å². The van der Waals surface area contributed by atoms with Crippen LogP contribution in [0, 0.1) is 0 Å². The molecule has 7 nitrogen and oxygen atoms in total. The molecule has 0 aliphatic carbocycles. The minimum Gasteiger partial charge on any atom is -0.338 e. The fourth-order valence-electron chi connectivity index (χ4n) is 3.81. The fraction of sp³-hybridized carbons (Fsp3) is 0.259. The molecule has 2 amide bonds. The molecule has 34 heavy (non-hydrogen) atoms. The number of rotatable bonds is 11. The van der Waals surface area contributed by atoms with E-state index in [0.29, 0.717) is 6.54 Å². The minimum atomic E-state index is -0.168. The number of hydrogen-bond acceptors (Lipinski definition) is 4. The fourth-order valence-corrected chi connectivity index (χ4v) is 3.81. The molecule has 2 aromatic heterocycles. The van der Waals surface area contributed by atoms with Crippen LogP contribution in [0.5, 0.6) is 0 Å². The summed E-state index contributed by atoms with van der Waals surface area (Å²) in [5, 5.41) is 14.4. The van der Waals surface area contributed by atoms with Gasteiger partial charge in [-0.1, -0.05) is 73.0 Å². The Kier molecular flexibility index (Phi) is 8.38. The lowest BCUT2D eigenvalue weighted by Gasteiger charge is -2.12. The van der Waals surface area contributed by atoms with Crippen molar-refractivity contribution < 1.29 is 4.79 Å². The number of carbonyl (C=O) groups is 1. The third kappa shape index (κ3) is 6.75. The quantitative estimate of drug-likeness (QED) is 0.281. The summed E-state index contributed by atoms with van der Waals surface area (Å²) in [6.07, 6.45) is 10.9. The number of hydrogen-bond donors (Lipinski definition) is 2. The van der Waals surface area contributed by atoms with Gasteiger partial charge in [0.25, 0.3) is 0 Å². The number of para-hydroxylation sites is 1. The predicted molar refractivity (Wildman–Crippen MR) is 135 cm³/mol. The van der Waals surface area contributed by atoms with E-state index >= 15 is 0 Å². The summed E-state index contributed by atoms with van der Waals surface area (Å²) in [7, 11) is 0. The molecule has 0 bridgehead atoms. The average Bonchev–Trinajstić information content (AvgIpc) is 3.36. The molecule has 4 aromatic rings. The van der Waals surface area contributed by atoms with Gasteiger partial charge >= 0.3 is 6.03 Å². The summed E-state index contributed by atoms with van der Waals surface area (Å²) < 4.78 is 1.89. The molecule has 2 aromatic carbocycles. The van der Waals surface area contributed by atoms with E-state index in [2.05, 4.69) is 25.9 Å². The normalized spacial score (nSPS) is 10.7. The maximum atomic E-state index is 12.4. The lowest BCUT2D eigenvalue weighted by atomic mass is 10.0. The van der Waals surface area contributed by atoms with Gasteiger partial charge in [0.1, 0.15) is 5.69 Å². The van der Waals surface area contributed by atoms with Crippen molar-refractivity contribution in [1.29, 1.82) is 0 Å². The van der Waals surface area contributed by atoms with Gasteiger partial charge in [0.2, 0.25) is 0 Å². The van der Waals surface area contributed by atoms with Crippen LogP contribution in [0.1, 0.15) is 32.1 Å². The second-order valence-corrected chi connectivity index (χ2v) is 8.17. The zero-order chi connectivity index (χ0) is 23.4. The monoisotopic (exact) mass is 454 g/mol. The summed E-state index contributed by atoms with van der Waals surface area (Å²) in [4.78, 5) is 16.5. The van der Waals surface area contributed by atoms with Crippen molar-refractivity contribution in [2.24, 2.45) is 0 Å². The Balaban J connectivity index is 1.10. The molecule has 0 radical (unpaired) electrons. The first-order chi connectivity index (χ1) is 16.8. The molecule has 4 rings (SSSR count). The molecule has 174 valence electrons. The smallest absolute Gasteiger partial charge is 0.319 e. The lowest BCUT2D eigenvalue weighted by molar-refractivity contribution is 0.252. The van der Waals surface area contributed by atoms with Crippen LogP contribution in [0.3, 0.4) is 0 Å². The van der Waals surface area contributed by atoms with Crippen molar-refractivity contribution in [3.63, 3.8) is 0 Å². The van der Waals surface area contributed by atoms with Crippen LogP contribution in [0.2, 0.25) is 0 Å². The number of nitrogens with one attached hydrogen (secondary N) is 2. The predicted octanol–water partition coefficient (Wildman–Crippen LogP) is 5.78. The third-order valence-electron chi connectivity index (χ3n) is 5.61. The highest BCUT2D eigenvalue weighted by atomic mass is 16.2. The van der Waals surface area contributed by atoms with E-state index in [1.807, 2.05) is 77.6 Å². The Morgan fingerprint density at radius 2 is 1.59 bits per heavy atom. The summed E-state index contributed by atoms with van der Waals surface area (Å²) in [6.45, 7) is 1.52. The number of urea groups is 1. The van der Waals surface area contributed by atoms with Gasteiger partial charge < -0.3 is 10.6 Å². The standard InChI is InChI=1S/C27H30N6O/c34-27(30-25-16-8-7-15-24(25)22-12-5-4-6-13-22)29-18-9-2-1-3-10-19-33-21-26(31-32-33)23-14-11-17-28-20-23/h4-8,11-17,20-21H,1-3,9-10,18-19H2,(H2,29,30,34). The highest BCUT2D eigenvalue weighted by Gasteiger charge is 2.07. The second kappa shape index (κ2) is 12.3. The molecule has 0 atom stereocenters. The number of nitrogens with zero attached hydrogens (tertiary/aromatic N) is 4. The summed E-state index contributed by atoms with van der Waals surface area (Å²) >= 11 is 0. The van der Waals surface area contributed by atoms with E-state index in [4.69, 9.17) is 0 Å². The van der Waals surface area contributed by atoms with Crippen molar-refractivity contribution >= 4 is 11.7 Å². The highest BCUT2D eigenvalue weighted by molar-refractivity contribution is 5.94. The highest BCUT2D eigenvalue weighted by Crippen LogP contribution is 2.27. The van der Waals surface area contributed by atoms with Crippen molar-refractivity contribution in [2.45, 2.75) is 38.6 Å². The molecule has 0 saturated heterocycles. The van der Waals surface area contributed by atoms with E-state index < -0.39 is 0 Å². The van der Waals surface area contributed by atoms with Gasteiger partial charge in [-0.05, 0) is 36.6 Å². The summed E-state index contributed by atoms with van der Waals surface area (Å²) in [5.74, 6) is 0. The molecule has 0 spiro atoms. The number of benzene rings is 2. The number of carbonyl (C=O) groups excluding carboxylic acids is 1. The Morgan fingerprint density at radius 1 is 0.824 bits per heavy atom. The van der Waals surface area contributed by atoms with Gasteiger partial charge in [0.15, 0.2) is 0 Å². The van der Waals surface area contributed by atoms with E-state index in [9.17, 15) is 4.79 Å². The Hall–Kier alpha value is -4.00. The van der Waals surface area contributed by atoms with Gasteiger partial charge in [0.05, 0.1) is 11.9 Å². The molecule has 0 aliphatic heterocycles. The number of aryl methyl sites for hydroxylation is 1. The van der Waals surface area contributed by atoms with Crippen LogP contribution >= 0.6 is 0 Å². The minimum absolute atomic E-state index is 0.168. The van der Waals surface area contributed by atoms with E-state index in [0.717, 1.165) is 66.7 Å². The number of anilines is 1. The second-order valence-electron chi connectivity index (χ2n) is 8.17. The largest absolute Gasteiger partial charge is 0.338 e. The van der Waals surface area contributed by atoms with Crippen LogP contribution in [-0.2, 0) is 6.54 Å². The Labute approximate surface area is 200 Å². The summed E-state index contributed by atoms with van der Waals surface area (Å²) in [6, 6.07) is 21.6. The Bertz CT molecular complexity index is 1160. The van der Waals surface area contributed by atoms with Crippen molar-refractivity contribution in [3.05, 3.63) is 85.3 Å². The van der Waals surface area contributed by atoms with Crippen LogP contribution in [0.4, 0.5) is 10.5 Å². The first-order valence-electron chi connectivity index (χ1n) is 11.8. The molecule has 0 aliphatic rings. The van der Waals surface area contributed by atoms with Crippen molar-refractivity contribution in [3.8, 4) is 22.4 Å². The van der Waals surface area contributed by atoms with Gasteiger partial charge in [-0.15, -0.1) is 5.10 Å². The third-order valence-corrected chi connectivity index (χ3v) is 5.61. The number of unbranched alkanes of at least 4 members (excludes halogenated alkanes) is 4. The Morgan fingerprint density at radius 3 is 2.44 bits per heavy atom. The molecule has 2 heterocycles. The van der Waals surface area contributed by atoms with Crippen LogP contribution in [-0.4, -0.2) is 32.6 Å².